The van der Waals surface area contributed by atoms with E-state index in [-0.39, 0.29) is 0 Å². The lowest BCUT2D eigenvalue weighted by molar-refractivity contribution is 1.17. The Labute approximate surface area is 165 Å². The van der Waals surface area contributed by atoms with Gasteiger partial charge in [0.25, 0.3) is 0 Å². The Balaban J connectivity index is 1.83. The Kier molecular flexibility index (Phi) is 3.84. The van der Waals surface area contributed by atoms with Crippen molar-refractivity contribution < 1.29 is 0 Å². The van der Waals surface area contributed by atoms with E-state index < -0.39 is 0 Å². The van der Waals surface area contributed by atoms with Gasteiger partial charge in [-0.25, -0.2) is 0 Å². The van der Waals surface area contributed by atoms with Crippen LogP contribution in [0.3, 0.4) is 0 Å². The molecule has 0 fully saturated rings. The van der Waals surface area contributed by atoms with Crippen LogP contribution in [0.2, 0.25) is 0 Å². The number of hydrogen-bond donors (Lipinski definition) is 0. The molecule has 0 N–H and O–H groups in total. The number of fused-ring (bicyclic) bond motifs is 3. The molecule has 0 spiro atoms. The third-order valence-corrected chi connectivity index (χ3v) is 5.74. The normalized spacial score (nSPS) is 11.4. The van der Waals surface area contributed by atoms with E-state index >= 15 is 0 Å². The highest BCUT2D eigenvalue weighted by Crippen LogP contribution is 2.35. The van der Waals surface area contributed by atoms with Gasteiger partial charge in [0.15, 0.2) is 0 Å². The zero-order valence-corrected chi connectivity index (χ0v) is 16.5. The summed E-state index contributed by atoms with van der Waals surface area (Å²) >= 11 is 0. The molecule has 1 aromatic heterocycles. The van der Waals surface area contributed by atoms with E-state index in [0.29, 0.717) is 0 Å². The van der Waals surface area contributed by atoms with Crippen LogP contribution in [0.25, 0.3) is 38.6 Å². The van der Waals surface area contributed by atoms with Crippen LogP contribution in [-0.4, -0.2) is 4.57 Å². The van der Waals surface area contributed by atoms with Gasteiger partial charge in [0.2, 0.25) is 0 Å². The van der Waals surface area contributed by atoms with E-state index in [4.69, 9.17) is 0 Å². The molecule has 0 amide bonds. The second-order valence-corrected chi connectivity index (χ2v) is 7.69. The summed E-state index contributed by atoms with van der Waals surface area (Å²) in [4.78, 5) is 0. The molecule has 0 radical (unpaired) electrons. The Bertz CT molecular complexity index is 1280. The van der Waals surface area contributed by atoms with Crippen LogP contribution in [0.15, 0.2) is 84.9 Å². The number of aromatic nitrogens is 1. The van der Waals surface area contributed by atoms with Gasteiger partial charge in [-0.1, -0.05) is 66.2 Å². The van der Waals surface area contributed by atoms with Crippen molar-refractivity contribution >= 4 is 21.8 Å². The van der Waals surface area contributed by atoms with Crippen LogP contribution in [-0.2, 0) is 0 Å². The van der Waals surface area contributed by atoms with Crippen LogP contribution in [0.5, 0.6) is 0 Å². The van der Waals surface area contributed by atoms with Gasteiger partial charge in [-0.05, 0) is 67.3 Å². The molecule has 1 heterocycles. The summed E-state index contributed by atoms with van der Waals surface area (Å²) in [6.45, 7) is 6.56. The van der Waals surface area contributed by atoms with E-state index in [0.717, 1.165) is 0 Å². The van der Waals surface area contributed by atoms with E-state index in [1.165, 1.54) is 55.3 Å². The maximum absolute atomic E-state index is 2.39. The van der Waals surface area contributed by atoms with E-state index in [1.54, 1.807) is 0 Å². The summed E-state index contributed by atoms with van der Waals surface area (Å²) < 4.78 is 2.39. The first-order chi connectivity index (χ1) is 13.6. The summed E-state index contributed by atoms with van der Waals surface area (Å²) in [7, 11) is 0. The predicted octanol–water partition coefficient (Wildman–Crippen LogP) is 7.38. The molecule has 5 aromatic rings. The lowest BCUT2D eigenvalue weighted by Crippen LogP contribution is -1.96. The van der Waals surface area contributed by atoms with Crippen molar-refractivity contribution in [1.82, 2.24) is 4.57 Å². The van der Waals surface area contributed by atoms with Crippen molar-refractivity contribution in [2.24, 2.45) is 0 Å². The zero-order chi connectivity index (χ0) is 19.3. The fraction of sp³-hybridized carbons (Fsp3) is 0.111. The minimum atomic E-state index is 1.21. The van der Waals surface area contributed by atoms with E-state index in [2.05, 4.69) is 110 Å². The molecule has 1 heteroatoms. The molecule has 0 aliphatic rings. The number of nitrogens with zero attached hydrogens (tertiary/aromatic N) is 1. The molecule has 0 saturated carbocycles. The lowest BCUT2D eigenvalue weighted by Gasteiger charge is -2.14. The largest absolute Gasteiger partial charge is 0.309 e. The van der Waals surface area contributed by atoms with Crippen molar-refractivity contribution in [3.05, 3.63) is 102 Å². The smallest absolute Gasteiger partial charge is 0.0541 e. The number of rotatable bonds is 2. The van der Waals surface area contributed by atoms with Crippen molar-refractivity contribution in [3.8, 4) is 16.8 Å². The fourth-order valence-electron chi connectivity index (χ4n) is 4.27. The monoisotopic (exact) mass is 361 g/mol. The molecule has 0 bridgehead atoms. The van der Waals surface area contributed by atoms with Crippen LogP contribution in [0.4, 0.5) is 0 Å². The van der Waals surface area contributed by atoms with E-state index in [1.807, 2.05) is 0 Å². The van der Waals surface area contributed by atoms with Crippen molar-refractivity contribution in [2.45, 2.75) is 20.8 Å². The summed E-state index contributed by atoms with van der Waals surface area (Å²) in [5, 5.41) is 2.60. The van der Waals surface area contributed by atoms with Crippen molar-refractivity contribution in [2.75, 3.05) is 0 Å². The first-order valence-electron chi connectivity index (χ1n) is 9.80. The summed E-state index contributed by atoms with van der Waals surface area (Å²) in [6, 6.07) is 30.9. The molecule has 5 rings (SSSR count). The predicted molar refractivity (Wildman–Crippen MR) is 120 cm³/mol. The van der Waals surface area contributed by atoms with Crippen LogP contribution >= 0.6 is 0 Å². The molecule has 0 aliphatic heterocycles. The van der Waals surface area contributed by atoms with Crippen LogP contribution in [0.1, 0.15) is 16.7 Å². The third kappa shape index (κ3) is 2.55. The Morgan fingerprint density at radius 1 is 0.536 bits per heavy atom. The lowest BCUT2D eigenvalue weighted by atomic mass is 9.94. The SMILES string of the molecule is Cc1ccc(C)c(-c2cc(-n3c4ccccc4c4ccccc43)ccc2C)c1. The van der Waals surface area contributed by atoms with Crippen LogP contribution in [0, 0.1) is 20.8 Å². The number of benzene rings is 4. The van der Waals surface area contributed by atoms with Gasteiger partial charge in [-0.15, -0.1) is 0 Å². The van der Waals surface area contributed by atoms with Crippen molar-refractivity contribution in [3.63, 3.8) is 0 Å². The molecule has 0 saturated heterocycles. The minimum Gasteiger partial charge on any atom is -0.309 e. The second-order valence-electron chi connectivity index (χ2n) is 7.69. The third-order valence-electron chi connectivity index (χ3n) is 5.74. The standard InChI is InChI=1S/C27H23N/c1-18-12-13-19(2)24(16-18)25-17-21(15-14-20(25)3)28-26-10-6-4-8-22(26)23-9-5-7-11-27(23)28/h4-17H,1-3H3. The maximum atomic E-state index is 2.39. The summed E-state index contributed by atoms with van der Waals surface area (Å²) in [6.07, 6.45) is 0. The second kappa shape index (κ2) is 6.38. The topological polar surface area (TPSA) is 4.93 Å². The molecule has 0 aliphatic carbocycles. The molecule has 0 unspecified atom stereocenters. The Morgan fingerprint density at radius 2 is 1.07 bits per heavy atom. The molecule has 0 atom stereocenters. The van der Waals surface area contributed by atoms with Gasteiger partial charge in [-0.2, -0.15) is 0 Å². The molecular formula is C27H23N. The van der Waals surface area contributed by atoms with E-state index in [9.17, 15) is 0 Å². The number of aryl methyl sites for hydroxylation is 3. The number of hydrogen-bond acceptors (Lipinski definition) is 0. The molecular weight excluding hydrogens is 338 g/mol. The van der Waals surface area contributed by atoms with Gasteiger partial charge in [0.1, 0.15) is 0 Å². The highest BCUT2D eigenvalue weighted by atomic mass is 15.0. The highest BCUT2D eigenvalue weighted by molar-refractivity contribution is 6.09. The summed E-state index contributed by atoms with van der Waals surface area (Å²) in [5.41, 5.74) is 10.2. The zero-order valence-electron chi connectivity index (χ0n) is 16.5. The minimum absolute atomic E-state index is 1.21. The average molecular weight is 361 g/mol. The molecule has 136 valence electrons. The summed E-state index contributed by atoms with van der Waals surface area (Å²) in [5.74, 6) is 0. The van der Waals surface area contributed by atoms with Crippen LogP contribution < -0.4 is 0 Å². The van der Waals surface area contributed by atoms with Gasteiger partial charge >= 0.3 is 0 Å². The van der Waals surface area contributed by atoms with Gasteiger partial charge in [0.05, 0.1) is 11.0 Å². The first-order valence-corrected chi connectivity index (χ1v) is 9.80. The Hall–Kier alpha value is -3.32. The first kappa shape index (κ1) is 16.8. The highest BCUT2D eigenvalue weighted by Gasteiger charge is 2.13. The number of para-hydroxylation sites is 2. The molecule has 4 aromatic carbocycles. The van der Waals surface area contributed by atoms with Crippen molar-refractivity contribution in [1.29, 1.82) is 0 Å². The quantitative estimate of drug-likeness (QED) is 0.309. The Morgan fingerprint density at radius 3 is 1.71 bits per heavy atom. The van der Waals surface area contributed by atoms with Gasteiger partial charge < -0.3 is 4.57 Å². The fourth-order valence-corrected chi connectivity index (χ4v) is 4.27. The molecule has 1 nitrogen and oxygen atoms in total. The molecule has 28 heavy (non-hydrogen) atoms. The van der Waals surface area contributed by atoms with Gasteiger partial charge in [-0.3, -0.25) is 0 Å². The maximum Gasteiger partial charge on any atom is 0.0541 e. The van der Waals surface area contributed by atoms with Gasteiger partial charge in [0, 0.05) is 16.5 Å². The average Bonchev–Trinajstić information content (AvgIpc) is 3.05.